The number of nitrogens with zero attached hydrogens (tertiary/aromatic N) is 2. The van der Waals surface area contributed by atoms with Crippen molar-refractivity contribution in [3.63, 3.8) is 0 Å². The topological polar surface area (TPSA) is 17.8 Å². The lowest BCUT2D eigenvalue weighted by Crippen LogP contribution is -1.96. The van der Waals surface area contributed by atoms with Crippen LogP contribution < -0.4 is 0 Å². The fourth-order valence-electron chi connectivity index (χ4n) is 1.39. The molecule has 76 valence electrons. The molecule has 0 N–H and O–H groups in total. The van der Waals surface area contributed by atoms with E-state index < -0.39 is 0 Å². The normalized spacial score (nSPS) is 9.44. The van der Waals surface area contributed by atoms with Gasteiger partial charge in [0.25, 0.3) is 0 Å². The number of terminal acetylenes is 2. The lowest BCUT2D eigenvalue weighted by Gasteiger charge is -2.03. The van der Waals surface area contributed by atoms with E-state index in [0.717, 1.165) is 10.2 Å². The molecule has 0 radical (unpaired) electrons. The number of rotatable bonds is 1. The zero-order chi connectivity index (χ0) is 11.5. The Bertz CT molecular complexity index is 594. The van der Waals surface area contributed by atoms with Crippen molar-refractivity contribution in [1.29, 1.82) is 0 Å². The molecule has 0 aliphatic carbocycles. The van der Waals surface area contributed by atoms with E-state index in [0.29, 0.717) is 11.4 Å². The summed E-state index contributed by atoms with van der Waals surface area (Å²) in [5.41, 5.74) is 2.03. The Morgan fingerprint density at radius 1 is 1.12 bits per heavy atom. The molecule has 2 rings (SSSR count). The summed E-state index contributed by atoms with van der Waals surface area (Å²) in [6.07, 6.45) is 12.4. The molecular formula is C13H7BrN2. The van der Waals surface area contributed by atoms with Gasteiger partial charge >= 0.3 is 0 Å². The highest BCUT2D eigenvalue weighted by molar-refractivity contribution is 9.10. The highest BCUT2D eigenvalue weighted by atomic mass is 79.9. The average molecular weight is 271 g/mol. The Hall–Kier alpha value is -1.97. The molecule has 0 aliphatic heterocycles. The van der Waals surface area contributed by atoms with E-state index in [1.165, 1.54) is 0 Å². The van der Waals surface area contributed by atoms with Gasteiger partial charge in [-0.25, -0.2) is 4.98 Å². The van der Waals surface area contributed by atoms with Gasteiger partial charge < -0.3 is 0 Å². The summed E-state index contributed by atoms with van der Waals surface area (Å²) in [4.78, 5) is 4.08. The maximum atomic E-state index is 5.42. The summed E-state index contributed by atoms with van der Waals surface area (Å²) in [6.45, 7) is 0. The Labute approximate surface area is 102 Å². The molecule has 0 saturated carbocycles. The van der Waals surface area contributed by atoms with Gasteiger partial charge in [-0.15, -0.1) is 12.8 Å². The van der Waals surface area contributed by atoms with Crippen molar-refractivity contribution in [2.75, 3.05) is 0 Å². The van der Waals surface area contributed by atoms with Gasteiger partial charge in [0.1, 0.15) is 17.7 Å². The van der Waals surface area contributed by atoms with Crippen LogP contribution in [0.25, 0.3) is 5.69 Å². The number of benzene rings is 1. The van der Waals surface area contributed by atoms with E-state index in [-0.39, 0.29) is 0 Å². The molecule has 3 heteroatoms. The number of aromatic nitrogens is 2. The first-order chi connectivity index (χ1) is 7.76. The Morgan fingerprint density at radius 2 is 1.81 bits per heavy atom. The van der Waals surface area contributed by atoms with Crippen LogP contribution in [0, 0.1) is 24.7 Å². The number of halogens is 1. The van der Waals surface area contributed by atoms with Crippen LogP contribution in [0.5, 0.6) is 0 Å². The van der Waals surface area contributed by atoms with E-state index in [9.17, 15) is 0 Å². The summed E-state index contributed by atoms with van der Waals surface area (Å²) in [5, 5.41) is 0. The fraction of sp³-hybridized carbons (Fsp3) is 0. The van der Waals surface area contributed by atoms with Gasteiger partial charge in [0.2, 0.25) is 0 Å². The molecule has 0 aliphatic rings. The SMILES string of the molecule is C#Cc1ncn(-c2ccc(Br)cc2)c1C#C. The minimum Gasteiger partial charge on any atom is -0.291 e. The lowest BCUT2D eigenvalue weighted by molar-refractivity contribution is 1.04. The van der Waals surface area contributed by atoms with Crippen molar-refractivity contribution in [2.24, 2.45) is 0 Å². The van der Waals surface area contributed by atoms with Gasteiger partial charge in [-0.1, -0.05) is 15.9 Å². The average Bonchev–Trinajstić information content (AvgIpc) is 2.72. The zero-order valence-corrected chi connectivity index (χ0v) is 9.90. The van der Waals surface area contributed by atoms with Crippen LogP contribution in [0.15, 0.2) is 35.1 Å². The van der Waals surface area contributed by atoms with Crippen molar-refractivity contribution in [3.8, 4) is 30.4 Å². The van der Waals surface area contributed by atoms with Crippen molar-refractivity contribution >= 4 is 15.9 Å². The van der Waals surface area contributed by atoms with Crippen molar-refractivity contribution in [2.45, 2.75) is 0 Å². The highest BCUT2D eigenvalue weighted by Crippen LogP contribution is 2.17. The lowest BCUT2D eigenvalue weighted by atomic mass is 10.3. The molecule has 1 aromatic carbocycles. The van der Waals surface area contributed by atoms with E-state index in [1.54, 1.807) is 10.9 Å². The predicted octanol–water partition coefficient (Wildman–Crippen LogP) is 2.60. The third-order valence-electron chi connectivity index (χ3n) is 2.15. The molecular weight excluding hydrogens is 264 g/mol. The molecule has 0 unspecified atom stereocenters. The van der Waals surface area contributed by atoms with Crippen LogP contribution in [-0.2, 0) is 0 Å². The summed E-state index contributed by atoms with van der Waals surface area (Å²) < 4.78 is 2.80. The van der Waals surface area contributed by atoms with E-state index >= 15 is 0 Å². The Balaban J connectivity index is 2.58. The van der Waals surface area contributed by atoms with Crippen LogP contribution in [0.1, 0.15) is 11.4 Å². The second-order valence-corrected chi connectivity index (χ2v) is 3.99. The molecule has 0 bridgehead atoms. The molecule has 1 heterocycles. The molecule has 1 aromatic heterocycles. The van der Waals surface area contributed by atoms with Crippen molar-refractivity contribution < 1.29 is 0 Å². The molecule has 2 nitrogen and oxygen atoms in total. The molecule has 0 saturated heterocycles. The quantitative estimate of drug-likeness (QED) is 0.729. The number of imidazole rings is 1. The van der Waals surface area contributed by atoms with Crippen molar-refractivity contribution in [3.05, 3.63) is 46.5 Å². The second-order valence-electron chi connectivity index (χ2n) is 3.08. The highest BCUT2D eigenvalue weighted by Gasteiger charge is 2.07. The van der Waals surface area contributed by atoms with Gasteiger partial charge in [-0.2, -0.15) is 0 Å². The summed E-state index contributed by atoms with van der Waals surface area (Å²) in [5.74, 6) is 5.02. The molecule has 0 fully saturated rings. The minimum atomic E-state index is 0.491. The van der Waals surface area contributed by atoms with Gasteiger partial charge in [-0.05, 0) is 36.1 Å². The van der Waals surface area contributed by atoms with Crippen LogP contribution >= 0.6 is 15.9 Å². The zero-order valence-electron chi connectivity index (χ0n) is 8.31. The first kappa shape index (κ1) is 10.5. The second kappa shape index (κ2) is 4.26. The van der Waals surface area contributed by atoms with Crippen LogP contribution in [0.2, 0.25) is 0 Å². The summed E-state index contributed by atoms with van der Waals surface area (Å²) >= 11 is 3.37. The minimum absolute atomic E-state index is 0.491. The Kier molecular flexibility index (Phi) is 2.81. The van der Waals surface area contributed by atoms with Gasteiger partial charge in [0.05, 0.1) is 0 Å². The number of hydrogen-bond donors (Lipinski definition) is 0. The smallest absolute Gasteiger partial charge is 0.147 e. The molecule has 0 atom stereocenters. The first-order valence-corrected chi connectivity index (χ1v) is 5.32. The predicted molar refractivity (Wildman–Crippen MR) is 67.1 cm³/mol. The van der Waals surface area contributed by atoms with Gasteiger partial charge in [-0.3, -0.25) is 4.57 Å². The van der Waals surface area contributed by atoms with Crippen LogP contribution in [0.3, 0.4) is 0 Å². The van der Waals surface area contributed by atoms with Crippen LogP contribution in [0.4, 0.5) is 0 Å². The monoisotopic (exact) mass is 270 g/mol. The van der Waals surface area contributed by atoms with Crippen LogP contribution in [-0.4, -0.2) is 9.55 Å². The van der Waals surface area contributed by atoms with Crippen molar-refractivity contribution in [1.82, 2.24) is 9.55 Å². The molecule has 0 spiro atoms. The maximum absolute atomic E-state index is 5.42. The van der Waals surface area contributed by atoms with E-state index in [4.69, 9.17) is 12.8 Å². The van der Waals surface area contributed by atoms with E-state index in [2.05, 4.69) is 32.8 Å². The largest absolute Gasteiger partial charge is 0.291 e. The third kappa shape index (κ3) is 1.74. The maximum Gasteiger partial charge on any atom is 0.147 e. The Morgan fingerprint density at radius 3 is 2.38 bits per heavy atom. The molecule has 2 aromatic rings. The standard InChI is InChI=1S/C13H7BrN2/c1-3-12-13(4-2)16(9-15-12)11-7-5-10(14)6-8-11/h1-2,5-9H. The van der Waals surface area contributed by atoms with Gasteiger partial charge in [0, 0.05) is 10.2 Å². The number of hydrogen-bond acceptors (Lipinski definition) is 1. The third-order valence-corrected chi connectivity index (χ3v) is 2.67. The van der Waals surface area contributed by atoms with E-state index in [1.807, 2.05) is 24.3 Å². The molecule has 0 amide bonds. The molecule has 16 heavy (non-hydrogen) atoms. The first-order valence-electron chi connectivity index (χ1n) is 4.52. The van der Waals surface area contributed by atoms with Gasteiger partial charge in [0.15, 0.2) is 0 Å². The summed E-state index contributed by atoms with van der Waals surface area (Å²) in [6, 6.07) is 7.75. The summed E-state index contributed by atoms with van der Waals surface area (Å²) in [7, 11) is 0. The fourth-order valence-corrected chi connectivity index (χ4v) is 1.65.